The fourth-order valence-electron chi connectivity index (χ4n) is 2.70. The molecule has 0 aromatic carbocycles. The minimum atomic E-state index is 0.228. The zero-order valence-corrected chi connectivity index (χ0v) is 10.9. The highest BCUT2D eigenvalue weighted by Crippen LogP contribution is 2.25. The van der Waals surface area contributed by atoms with Crippen molar-refractivity contribution < 1.29 is 4.79 Å². The highest BCUT2D eigenvalue weighted by molar-refractivity contribution is 5.97. The third kappa shape index (κ3) is 3.43. The number of hydrogen-bond donors (Lipinski definition) is 0. The van der Waals surface area contributed by atoms with Crippen LogP contribution in [0.2, 0.25) is 0 Å². The van der Waals surface area contributed by atoms with Crippen LogP contribution in [0.3, 0.4) is 0 Å². The number of ketones is 1. The van der Waals surface area contributed by atoms with Crippen LogP contribution in [0.5, 0.6) is 0 Å². The van der Waals surface area contributed by atoms with Crippen LogP contribution in [-0.2, 0) is 7.05 Å². The van der Waals surface area contributed by atoms with Crippen LogP contribution in [-0.4, -0.2) is 35.4 Å². The molecular formula is C14H22N2O. The van der Waals surface area contributed by atoms with Crippen LogP contribution in [0.1, 0.15) is 36.0 Å². The van der Waals surface area contributed by atoms with Gasteiger partial charge in [0, 0.05) is 31.5 Å². The van der Waals surface area contributed by atoms with Crippen LogP contribution >= 0.6 is 0 Å². The van der Waals surface area contributed by atoms with E-state index in [-0.39, 0.29) is 5.78 Å². The minimum absolute atomic E-state index is 0.228. The van der Waals surface area contributed by atoms with E-state index in [1.165, 1.54) is 25.7 Å². The van der Waals surface area contributed by atoms with E-state index in [0.29, 0.717) is 6.54 Å². The lowest BCUT2D eigenvalue weighted by atomic mass is 10.1. The molecule has 1 heterocycles. The van der Waals surface area contributed by atoms with Gasteiger partial charge in [-0.05, 0) is 31.9 Å². The van der Waals surface area contributed by atoms with E-state index in [1.54, 1.807) is 0 Å². The van der Waals surface area contributed by atoms with Crippen molar-refractivity contribution in [1.29, 1.82) is 0 Å². The van der Waals surface area contributed by atoms with Gasteiger partial charge in [0.15, 0.2) is 5.78 Å². The molecule has 2 rings (SSSR count). The van der Waals surface area contributed by atoms with Crippen LogP contribution in [0.4, 0.5) is 0 Å². The molecule has 1 saturated carbocycles. The molecule has 1 aliphatic rings. The third-order valence-corrected chi connectivity index (χ3v) is 3.61. The van der Waals surface area contributed by atoms with E-state index in [4.69, 9.17) is 0 Å². The Labute approximate surface area is 103 Å². The quantitative estimate of drug-likeness (QED) is 0.731. The summed E-state index contributed by atoms with van der Waals surface area (Å²) in [7, 11) is 4.00. The molecule has 0 atom stereocenters. The second-order valence-electron chi connectivity index (χ2n) is 5.34. The van der Waals surface area contributed by atoms with Gasteiger partial charge in [0.2, 0.25) is 0 Å². The zero-order valence-electron chi connectivity index (χ0n) is 10.9. The predicted molar refractivity (Wildman–Crippen MR) is 69.2 cm³/mol. The lowest BCUT2D eigenvalue weighted by Crippen LogP contribution is -2.30. The Morgan fingerprint density at radius 1 is 1.47 bits per heavy atom. The summed E-state index contributed by atoms with van der Waals surface area (Å²) in [5.74, 6) is 1.04. The summed E-state index contributed by atoms with van der Waals surface area (Å²) in [6, 6.07) is 1.89. The molecular weight excluding hydrogens is 212 g/mol. The second-order valence-corrected chi connectivity index (χ2v) is 5.34. The van der Waals surface area contributed by atoms with Gasteiger partial charge in [0.1, 0.15) is 0 Å². The van der Waals surface area contributed by atoms with Crippen LogP contribution in [0.25, 0.3) is 0 Å². The van der Waals surface area contributed by atoms with E-state index < -0.39 is 0 Å². The fourth-order valence-corrected chi connectivity index (χ4v) is 2.70. The SMILES string of the molecule is CN(CC(=O)c1ccn(C)c1)CC1CCCC1. The van der Waals surface area contributed by atoms with Crippen molar-refractivity contribution in [3.05, 3.63) is 24.0 Å². The van der Waals surface area contributed by atoms with Gasteiger partial charge in [0.05, 0.1) is 6.54 Å². The maximum Gasteiger partial charge on any atom is 0.178 e. The molecule has 0 aliphatic heterocycles. The third-order valence-electron chi connectivity index (χ3n) is 3.61. The van der Waals surface area contributed by atoms with E-state index in [0.717, 1.165) is 18.0 Å². The Kier molecular flexibility index (Phi) is 4.00. The number of aryl methyl sites for hydroxylation is 1. The number of carbonyl (C=O) groups is 1. The summed E-state index contributed by atoms with van der Waals surface area (Å²) in [5, 5.41) is 0. The van der Waals surface area contributed by atoms with Gasteiger partial charge in [-0.3, -0.25) is 9.69 Å². The molecule has 0 bridgehead atoms. The summed E-state index contributed by atoms with van der Waals surface area (Å²) in [5.41, 5.74) is 0.825. The number of aromatic nitrogens is 1. The molecule has 94 valence electrons. The van der Waals surface area contributed by atoms with Gasteiger partial charge in [0.25, 0.3) is 0 Å². The first-order valence-electron chi connectivity index (χ1n) is 6.49. The Balaban J connectivity index is 1.81. The number of likely N-dealkylation sites (N-methyl/N-ethyl adjacent to an activating group) is 1. The van der Waals surface area contributed by atoms with Crippen molar-refractivity contribution in [2.24, 2.45) is 13.0 Å². The predicted octanol–water partition coefficient (Wildman–Crippen LogP) is 2.33. The Morgan fingerprint density at radius 2 is 2.18 bits per heavy atom. The molecule has 1 aromatic rings. The maximum atomic E-state index is 12.0. The largest absolute Gasteiger partial charge is 0.357 e. The lowest BCUT2D eigenvalue weighted by Gasteiger charge is -2.19. The van der Waals surface area contributed by atoms with Crippen LogP contribution < -0.4 is 0 Å². The van der Waals surface area contributed by atoms with Gasteiger partial charge in [-0.15, -0.1) is 0 Å². The van der Waals surface area contributed by atoms with Crippen molar-refractivity contribution in [1.82, 2.24) is 9.47 Å². The number of Topliss-reactive ketones (excluding diaryl/α,β-unsaturated/α-hetero) is 1. The maximum absolute atomic E-state index is 12.0. The summed E-state index contributed by atoms with van der Waals surface area (Å²) in [4.78, 5) is 14.2. The molecule has 1 aromatic heterocycles. The van der Waals surface area contributed by atoms with E-state index in [1.807, 2.05) is 30.1 Å². The number of carbonyl (C=O) groups excluding carboxylic acids is 1. The molecule has 0 spiro atoms. The molecule has 3 nitrogen and oxygen atoms in total. The minimum Gasteiger partial charge on any atom is -0.357 e. The number of rotatable bonds is 5. The zero-order chi connectivity index (χ0) is 12.3. The van der Waals surface area contributed by atoms with Crippen molar-refractivity contribution in [3.63, 3.8) is 0 Å². The summed E-state index contributed by atoms with van der Waals surface area (Å²) in [6.45, 7) is 1.61. The molecule has 0 N–H and O–H groups in total. The van der Waals surface area contributed by atoms with Crippen molar-refractivity contribution in [3.8, 4) is 0 Å². The van der Waals surface area contributed by atoms with Crippen molar-refractivity contribution in [2.75, 3.05) is 20.1 Å². The van der Waals surface area contributed by atoms with Gasteiger partial charge < -0.3 is 4.57 Å². The van der Waals surface area contributed by atoms with Crippen molar-refractivity contribution in [2.45, 2.75) is 25.7 Å². The smallest absolute Gasteiger partial charge is 0.178 e. The standard InChI is InChI=1S/C14H22N2O/c1-15-8-7-13(10-15)14(17)11-16(2)9-12-5-3-4-6-12/h7-8,10,12H,3-6,9,11H2,1-2H3. The van der Waals surface area contributed by atoms with Crippen LogP contribution in [0, 0.1) is 5.92 Å². The highest BCUT2D eigenvalue weighted by atomic mass is 16.1. The average molecular weight is 234 g/mol. The van der Waals surface area contributed by atoms with E-state index >= 15 is 0 Å². The topological polar surface area (TPSA) is 25.2 Å². The highest BCUT2D eigenvalue weighted by Gasteiger charge is 2.18. The molecule has 17 heavy (non-hydrogen) atoms. The van der Waals surface area contributed by atoms with Gasteiger partial charge >= 0.3 is 0 Å². The molecule has 0 radical (unpaired) electrons. The second kappa shape index (κ2) is 5.50. The van der Waals surface area contributed by atoms with E-state index in [9.17, 15) is 4.79 Å². The first kappa shape index (κ1) is 12.4. The van der Waals surface area contributed by atoms with Crippen LogP contribution in [0.15, 0.2) is 18.5 Å². The summed E-state index contributed by atoms with van der Waals surface area (Å²) >= 11 is 0. The number of nitrogens with zero attached hydrogens (tertiary/aromatic N) is 2. The molecule has 0 saturated heterocycles. The molecule has 1 aliphatic carbocycles. The fraction of sp³-hybridized carbons (Fsp3) is 0.643. The van der Waals surface area contributed by atoms with Gasteiger partial charge in [-0.2, -0.15) is 0 Å². The first-order chi connectivity index (χ1) is 8.15. The van der Waals surface area contributed by atoms with Gasteiger partial charge in [-0.25, -0.2) is 0 Å². The Morgan fingerprint density at radius 3 is 2.76 bits per heavy atom. The molecule has 1 fully saturated rings. The summed E-state index contributed by atoms with van der Waals surface area (Å²) < 4.78 is 1.92. The lowest BCUT2D eigenvalue weighted by molar-refractivity contribution is 0.0938. The summed E-state index contributed by atoms with van der Waals surface area (Å²) in [6.07, 6.45) is 9.22. The van der Waals surface area contributed by atoms with Crippen molar-refractivity contribution >= 4 is 5.78 Å². The monoisotopic (exact) mass is 234 g/mol. The normalized spacial score (nSPS) is 16.9. The molecule has 0 unspecified atom stereocenters. The Hall–Kier alpha value is -1.09. The first-order valence-corrected chi connectivity index (χ1v) is 6.49. The Bertz CT molecular complexity index is 377. The molecule has 0 amide bonds. The number of hydrogen-bond acceptors (Lipinski definition) is 2. The van der Waals surface area contributed by atoms with E-state index in [2.05, 4.69) is 11.9 Å². The van der Waals surface area contributed by atoms with Gasteiger partial charge in [-0.1, -0.05) is 12.8 Å². The average Bonchev–Trinajstić information content (AvgIpc) is 2.89. The molecule has 3 heteroatoms.